The smallest absolute Gasteiger partial charge is 0.340 e. The number of aromatic nitrogens is 1. The number of pyridine rings is 1. The molecular formula is C14H14N2O2. The van der Waals surface area contributed by atoms with Crippen molar-refractivity contribution in [1.29, 1.82) is 0 Å². The predicted molar refractivity (Wildman–Crippen MR) is 70.9 cm³/mol. The number of hydrogen-bond donors (Lipinski definition) is 2. The van der Waals surface area contributed by atoms with Crippen molar-refractivity contribution < 1.29 is 9.90 Å². The second-order valence-corrected chi connectivity index (χ2v) is 4.00. The molecule has 0 radical (unpaired) electrons. The first-order chi connectivity index (χ1) is 8.63. The van der Waals surface area contributed by atoms with Crippen LogP contribution in [0.5, 0.6) is 0 Å². The van der Waals surface area contributed by atoms with Gasteiger partial charge in [-0.2, -0.15) is 0 Å². The van der Waals surface area contributed by atoms with Crippen molar-refractivity contribution in [2.45, 2.75) is 6.92 Å². The molecule has 92 valence electrons. The van der Waals surface area contributed by atoms with E-state index in [9.17, 15) is 9.90 Å². The fourth-order valence-electron chi connectivity index (χ4n) is 1.84. The van der Waals surface area contributed by atoms with E-state index in [1.807, 2.05) is 31.2 Å². The Labute approximate surface area is 105 Å². The topological polar surface area (TPSA) is 62.2 Å². The minimum Gasteiger partial charge on any atom is -0.478 e. The highest BCUT2D eigenvalue weighted by Gasteiger charge is 2.16. The average molecular weight is 242 g/mol. The lowest BCUT2D eigenvalue weighted by Crippen LogP contribution is -2.06. The standard InChI is InChI=1S/C14H14N2O2/c1-9-3-5-10(6-4-9)11-7-8-16-13(15-2)12(11)14(17)18/h3-8H,1-2H3,(H,15,16)(H,17,18). The van der Waals surface area contributed by atoms with Crippen molar-refractivity contribution in [3.63, 3.8) is 0 Å². The van der Waals surface area contributed by atoms with Crippen LogP contribution in [0.4, 0.5) is 5.82 Å². The van der Waals surface area contributed by atoms with Gasteiger partial charge in [0, 0.05) is 18.8 Å². The highest BCUT2D eigenvalue weighted by molar-refractivity contribution is 6.00. The molecular weight excluding hydrogens is 228 g/mol. The lowest BCUT2D eigenvalue weighted by Gasteiger charge is -2.10. The number of anilines is 1. The maximum atomic E-state index is 11.4. The van der Waals surface area contributed by atoms with Crippen LogP contribution < -0.4 is 5.32 Å². The molecule has 1 aromatic heterocycles. The second kappa shape index (κ2) is 4.87. The number of benzene rings is 1. The monoisotopic (exact) mass is 242 g/mol. The Kier molecular flexibility index (Phi) is 3.28. The Hall–Kier alpha value is -2.36. The molecule has 1 heterocycles. The average Bonchev–Trinajstić information content (AvgIpc) is 2.38. The predicted octanol–water partition coefficient (Wildman–Crippen LogP) is 2.80. The van der Waals surface area contributed by atoms with Gasteiger partial charge < -0.3 is 10.4 Å². The molecule has 2 rings (SSSR count). The van der Waals surface area contributed by atoms with Crippen LogP contribution >= 0.6 is 0 Å². The summed E-state index contributed by atoms with van der Waals surface area (Å²) in [6.07, 6.45) is 1.60. The van der Waals surface area contributed by atoms with Gasteiger partial charge in [-0.1, -0.05) is 29.8 Å². The molecule has 0 aliphatic rings. The van der Waals surface area contributed by atoms with Crippen LogP contribution in [-0.2, 0) is 0 Å². The van der Waals surface area contributed by atoms with Gasteiger partial charge in [0.2, 0.25) is 0 Å². The first-order valence-corrected chi connectivity index (χ1v) is 5.60. The molecule has 0 atom stereocenters. The Morgan fingerprint density at radius 2 is 1.89 bits per heavy atom. The Morgan fingerprint density at radius 3 is 2.44 bits per heavy atom. The largest absolute Gasteiger partial charge is 0.478 e. The maximum Gasteiger partial charge on any atom is 0.340 e. The van der Waals surface area contributed by atoms with Gasteiger partial charge in [-0.15, -0.1) is 0 Å². The number of rotatable bonds is 3. The zero-order valence-corrected chi connectivity index (χ0v) is 10.3. The zero-order valence-electron chi connectivity index (χ0n) is 10.3. The van der Waals surface area contributed by atoms with E-state index in [0.717, 1.165) is 11.1 Å². The minimum absolute atomic E-state index is 0.198. The summed E-state index contributed by atoms with van der Waals surface area (Å²) in [6, 6.07) is 9.46. The fraction of sp³-hybridized carbons (Fsp3) is 0.143. The third-order valence-electron chi connectivity index (χ3n) is 2.76. The Balaban J connectivity index is 2.63. The molecule has 4 nitrogen and oxygen atoms in total. The highest BCUT2D eigenvalue weighted by Crippen LogP contribution is 2.27. The number of hydrogen-bond acceptors (Lipinski definition) is 3. The molecule has 0 spiro atoms. The van der Waals surface area contributed by atoms with E-state index >= 15 is 0 Å². The number of aryl methyl sites for hydroxylation is 1. The molecule has 0 fully saturated rings. The normalized spacial score (nSPS) is 10.1. The quantitative estimate of drug-likeness (QED) is 0.868. The van der Waals surface area contributed by atoms with E-state index in [1.165, 1.54) is 0 Å². The highest BCUT2D eigenvalue weighted by atomic mass is 16.4. The first kappa shape index (κ1) is 12.1. The van der Waals surface area contributed by atoms with Gasteiger partial charge in [-0.3, -0.25) is 0 Å². The summed E-state index contributed by atoms with van der Waals surface area (Å²) in [4.78, 5) is 15.4. The van der Waals surface area contributed by atoms with E-state index in [2.05, 4.69) is 10.3 Å². The van der Waals surface area contributed by atoms with Crippen LogP contribution in [0.2, 0.25) is 0 Å². The molecule has 0 aliphatic heterocycles. The molecule has 18 heavy (non-hydrogen) atoms. The molecule has 0 saturated carbocycles. The van der Waals surface area contributed by atoms with Crippen molar-refractivity contribution in [3.05, 3.63) is 47.7 Å². The van der Waals surface area contributed by atoms with Gasteiger partial charge in [0.15, 0.2) is 0 Å². The summed E-state index contributed by atoms with van der Waals surface area (Å²) in [5.74, 6) is -0.608. The van der Waals surface area contributed by atoms with Crippen LogP contribution in [0.3, 0.4) is 0 Å². The number of carbonyl (C=O) groups is 1. The van der Waals surface area contributed by atoms with Crippen molar-refractivity contribution in [2.75, 3.05) is 12.4 Å². The lowest BCUT2D eigenvalue weighted by molar-refractivity contribution is 0.0698. The third kappa shape index (κ3) is 2.18. The van der Waals surface area contributed by atoms with Crippen molar-refractivity contribution >= 4 is 11.8 Å². The van der Waals surface area contributed by atoms with Gasteiger partial charge >= 0.3 is 5.97 Å². The Morgan fingerprint density at radius 1 is 1.22 bits per heavy atom. The number of nitrogens with one attached hydrogen (secondary N) is 1. The van der Waals surface area contributed by atoms with E-state index in [-0.39, 0.29) is 5.56 Å². The van der Waals surface area contributed by atoms with Crippen LogP contribution in [0.15, 0.2) is 36.5 Å². The van der Waals surface area contributed by atoms with Crippen molar-refractivity contribution in [2.24, 2.45) is 0 Å². The summed E-state index contributed by atoms with van der Waals surface area (Å²) < 4.78 is 0. The number of carboxylic acid groups (broad SMARTS) is 1. The first-order valence-electron chi connectivity index (χ1n) is 5.60. The van der Waals surface area contributed by atoms with Crippen molar-refractivity contribution in [1.82, 2.24) is 4.98 Å². The van der Waals surface area contributed by atoms with E-state index in [0.29, 0.717) is 11.4 Å². The number of carboxylic acids is 1. The molecule has 2 N–H and O–H groups in total. The van der Waals surface area contributed by atoms with Gasteiger partial charge in [-0.25, -0.2) is 9.78 Å². The molecule has 2 aromatic rings. The van der Waals surface area contributed by atoms with E-state index < -0.39 is 5.97 Å². The van der Waals surface area contributed by atoms with E-state index in [1.54, 1.807) is 19.3 Å². The van der Waals surface area contributed by atoms with Crippen LogP contribution in [-0.4, -0.2) is 23.1 Å². The van der Waals surface area contributed by atoms with E-state index in [4.69, 9.17) is 0 Å². The van der Waals surface area contributed by atoms with Crippen molar-refractivity contribution in [3.8, 4) is 11.1 Å². The van der Waals surface area contributed by atoms with Gasteiger partial charge in [0.1, 0.15) is 11.4 Å². The molecule has 0 bridgehead atoms. The van der Waals surface area contributed by atoms with Gasteiger partial charge in [0.05, 0.1) is 0 Å². The fourth-order valence-corrected chi connectivity index (χ4v) is 1.84. The summed E-state index contributed by atoms with van der Waals surface area (Å²) in [5.41, 5.74) is 2.88. The molecule has 0 saturated heterocycles. The van der Waals surface area contributed by atoms with Crippen LogP contribution in [0, 0.1) is 6.92 Å². The summed E-state index contributed by atoms with van der Waals surface area (Å²) >= 11 is 0. The number of aromatic carboxylic acids is 1. The molecule has 4 heteroatoms. The summed E-state index contributed by atoms with van der Waals surface area (Å²) in [7, 11) is 1.66. The lowest BCUT2D eigenvalue weighted by atomic mass is 10.00. The molecule has 0 aliphatic carbocycles. The molecule has 0 amide bonds. The van der Waals surface area contributed by atoms with Gasteiger partial charge in [-0.05, 0) is 18.6 Å². The SMILES string of the molecule is CNc1nccc(-c2ccc(C)cc2)c1C(=O)O. The zero-order chi connectivity index (χ0) is 13.1. The maximum absolute atomic E-state index is 11.4. The van der Waals surface area contributed by atoms with Gasteiger partial charge in [0.25, 0.3) is 0 Å². The number of nitrogens with zero attached hydrogens (tertiary/aromatic N) is 1. The van der Waals surface area contributed by atoms with Crippen LogP contribution in [0.1, 0.15) is 15.9 Å². The molecule has 1 aromatic carbocycles. The summed E-state index contributed by atoms with van der Waals surface area (Å²) in [5, 5.41) is 12.1. The summed E-state index contributed by atoms with van der Waals surface area (Å²) in [6.45, 7) is 1.99. The second-order valence-electron chi connectivity index (χ2n) is 4.00. The third-order valence-corrected chi connectivity index (χ3v) is 2.76. The minimum atomic E-state index is -0.983. The van der Waals surface area contributed by atoms with Crippen LogP contribution in [0.25, 0.3) is 11.1 Å². The Bertz CT molecular complexity index is 577. The molecule has 0 unspecified atom stereocenters.